The summed E-state index contributed by atoms with van der Waals surface area (Å²) in [4.78, 5) is 24.1. The number of hydrogen-bond donors (Lipinski definition) is 3. The van der Waals surface area contributed by atoms with Crippen molar-refractivity contribution in [1.29, 1.82) is 0 Å². The Hall–Kier alpha value is -3.47. The molecule has 0 spiro atoms. The number of carbonyl (C=O) groups excluding carboxylic acids is 1. The Bertz CT molecular complexity index is 1130. The number of carboxylic acid groups (broad SMARTS) is 1. The van der Waals surface area contributed by atoms with Crippen molar-refractivity contribution in [1.82, 2.24) is 15.5 Å². The Balaban J connectivity index is 0.000000532. The summed E-state index contributed by atoms with van der Waals surface area (Å²) in [7, 11) is 5.56. The summed E-state index contributed by atoms with van der Waals surface area (Å²) in [5.74, 6) is -1.22. The summed E-state index contributed by atoms with van der Waals surface area (Å²) >= 11 is 0. The Kier molecular flexibility index (Phi) is 9.71. The number of fused-ring (bicyclic) bond motifs is 1. The minimum absolute atomic E-state index is 0.0280. The second kappa shape index (κ2) is 12.6. The van der Waals surface area contributed by atoms with E-state index in [4.69, 9.17) is 19.4 Å². The van der Waals surface area contributed by atoms with E-state index < -0.39 is 12.1 Å². The predicted octanol–water partition coefficient (Wildman–Crippen LogP) is 4.89. The van der Waals surface area contributed by atoms with Gasteiger partial charge in [-0.1, -0.05) is 36.4 Å². The third-order valence-electron chi connectivity index (χ3n) is 7.71. The van der Waals surface area contributed by atoms with Crippen LogP contribution in [0.15, 0.2) is 48.5 Å². The van der Waals surface area contributed by atoms with Gasteiger partial charge in [-0.3, -0.25) is 0 Å². The van der Waals surface area contributed by atoms with E-state index in [0.29, 0.717) is 6.04 Å². The van der Waals surface area contributed by atoms with Gasteiger partial charge < -0.3 is 30.1 Å². The second-order valence-electron chi connectivity index (χ2n) is 10.00. The van der Waals surface area contributed by atoms with Crippen molar-refractivity contribution in [2.45, 2.75) is 62.3 Å². The number of methoxy groups -OCH3 is 2. The van der Waals surface area contributed by atoms with Crippen molar-refractivity contribution >= 4 is 12.0 Å². The van der Waals surface area contributed by atoms with Gasteiger partial charge in [0.2, 0.25) is 0 Å². The molecule has 1 aliphatic heterocycles. The van der Waals surface area contributed by atoms with Gasteiger partial charge in [-0.2, -0.15) is 13.2 Å². The first-order chi connectivity index (χ1) is 18.4. The number of urea groups is 1. The molecule has 214 valence electrons. The van der Waals surface area contributed by atoms with Gasteiger partial charge in [-0.05, 0) is 69.5 Å². The van der Waals surface area contributed by atoms with Crippen LogP contribution >= 0.6 is 0 Å². The summed E-state index contributed by atoms with van der Waals surface area (Å²) in [6, 6.07) is 16.8. The maximum Gasteiger partial charge on any atom is 0.490 e. The fraction of sp³-hybridized carbons (Fsp3) is 0.500. The first kappa shape index (κ1) is 30.1. The number of rotatable bonds is 6. The van der Waals surface area contributed by atoms with Gasteiger partial charge in [0.1, 0.15) is 0 Å². The second-order valence-corrected chi connectivity index (χ2v) is 10.00. The van der Waals surface area contributed by atoms with Crippen LogP contribution in [0.4, 0.5) is 18.0 Å². The van der Waals surface area contributed by atoms with Crippen LogP contribution in [0, 0.1) is 0 Å². The number of likely N-dealkylation sites (N-methyl/N-ethyl adjacent to an activating group) is 1. The fourth-order valence-electron chi connectivity index (χ4n) is 5.64. The Labute approximate surface area is 226 Å². The molecule has 2 amide bonds. The number of carbonyl (C=O) groups is 2. The van der Waals surface area contributed by atoms with Crippen LogP contribution in [0.3, 0.4) is 0 Å². The summed E-state index contributed by atoms with van der Waals surface area (Å²) in [5, 5.41) is 13.5. The van der Waals surface area contributed by atoms with E-state index in [1.807, 2.05) is 43.3 Å². The Morgan fingerprint density at radius 1 is 1.08 bits per heavy atom. The molecule has 1 heterocycles. The number of benzene rings is 2. The molecule has 3 N–H and O–H groups in total. The van der Waals surface area contributed by atoms with E-state index in [-0.39, 0.29) is 23.5 Å². The van der Waals surface area contributed by atoms with Gasteiger partial charge in [-0.15, -0.1) is 0 Å². The molecule has 39 heavy (non-hydrogen) atoms. The van der Waals surface area contributed by atoms with Crippen LogP contribution in [0.2, 0.25) is 0 Å². The van der Waals surface area contributed by atoms with Crippen molar-refractivity contribution in [2.24, 2.45) is 0 Å². The molecular weight excluding hydrogens is 515 g/mol. The van der Waals surface area contributed by atoms with E-state index in [0.717, 1.165) is 49.3 Å². The zero-order valence-electron chi connectivity index (χ0n) is 22.5. The molecule has 4 rings (SSSR count). The summed E-state index contributed by atoms with van der Waals surface area (Å²) in [6.07, 6.45) is -1.02. The number of hydrogen-bond acceptors (Lipinski definition) is 5. The van der Waals surface area contributed by atoms with Gasteiger partial charge in [0.25, 0.3) is 0 Å². The molecule has 11 heteroatoms. The third-order valence-corrected chi connectivity index (χ3v) is 7.71. The monoisotopic (exact) mass is 551 g/mol. The van der Waals surface area contributed by atoms with E-state index in [2.05, 4.69) is 34.7 Å². The highest BCUT2D eigenvalue weighted by Gasteiger charge is 2.50. The number of nitrogens with zero attached hydrogens (tertiary/aromatic N) is 1. The lowest BCUT2D eigenvalue weighted by atomic mass is 9.65. The average molecular weight is 552 g/mol. The number of nitrogens with one attached hydrogen (secondary N) is 2. The van der Waals surface area contributed by atoms with E-state index in [1.54, 1.807) is 14.2 Å². The Morgan fingerprint density at radius 3 is 2.31 bits per heavy atom. The standard InChI is InChI=1S/C26H35N3O3.C2HF3O2/c1-18(19-8-6-5-7-9-19)27-25(30)28-21-12-13-26(14-15-29(2)24(26)17-21)20-10-11-22(31-3)23(16-20)32-4;3-2(4,5)1(6)7/h5-11,16,18,21,24H,12-15,17H2,1-4H3,(H2,27,28,30);(H,6,7)/t18-,21?,24?,26?;/m0./s1. The average Bonchev–Trinajstić information content (AvgIpc) is 3.25. The molecule has 0 aromatic heterocycles. The molecule has 0 radical (unpaired) electrons. The number of halogens is 3. The van der Waals surface area contributed by atoms with Crippen molar-refractivity contribution in [3.8, 4) is 11.5 Å². The zero-order valence-corrected chi connectivity index (χ0v) is 22.5. The van der Waals surface area contributed by atoms with Crippen LogP contribution in [0.25, 0.3) is 0 Å². The minimum atomic E-state index is -5.08. The normalized spacial score (nSPS) is 23.5. The lowest BCUT2D eigenvalue weighted by molar-refractivity contribution is -0.192. The van der Waals surface area contributed by atoms with Gasteiger partial charge >= 0.3 is 18.2 Å². The number of ether oxygens (including phenoxy) is 2. The van der Waals surface area contributed by atoms with Crippen LogP contribution in [0.5, 0.6) is 11.5 Å². The van der Waals surface area contributed by atoms with Crippen molar-refractivity contribution in [3.63, 3.8) is 0 Å². The molecular formula is C28H36F3N3O5. The van der Waals surface area contributed by atoms with Crippen molar-refractivity contribution < 1.29 is 37.3 Å². The minimum Gasteiger partial charge on any atom is -0.493 e. The SMILES string of the molecule is COc1ccc(C23CCC(NC(=O)N[C@@H](C)c4ccccc4)CC2N(C)CC3)cc1OC.O=C(O)C(F)(F)F. The lowest BCUT2D eigenvalue weighted by Gasteiger charge is -2.45. The number of aliphatic carboxylic acids is 1. The molecule has 8 nitrogen and oxygen atoms in total. The van der Waals surface area contributed by atoms with Crippen LogP contribution in [0.1, 0.15) is 49.8 Å². The van der Waals surface area contributed by atoms with Crippen LogP contribution in [-0.4, -0.2) is 68.1 Å². The smallest absolute Gasteiger partial charge is 0.490 e. The molecule has 2 aliphatic rings. The zero-order chi connectivity index (χ0) is 28.8. The maximum atomic E-state index is 12.7. The van der Waals surface area contributed by atoms with Crippen LogP contribution in [-0.2, 0) is 10.2 Å². The quantitative estimate of drug-likeness (QED) is 0.473. The topological polar surface area (TPSA) is 100 Å². The summed E-state index contributed by atoms with van der Waals surface area (Å²) < 4.78 is 42.8. The molecule has 1 aliphatic carbocycles. The maximum absolute atomic E-state index is 12.7. The highest BCUT2D eigenvalue weighted by atomic mass is 19.4. The predicted molar refractivity (Wildman–Crippen MR) is 140 cm³/mol. The first-order valence-corrected chi connectivity index (χ1v) is 12.8. The van der Waals surface area contributed by atoms with Gasteiger partial charge in [0.05, 0.1) is 20.3 Å². The number of likely N-dealkylation sites (tertiary alicyclic amines) is 1. The van der Waals surface area contributed by atoms with Gasteiger partial charge in [0, 0.05) is 17.5 Å². The van der Waals surface area contributed by atoms with Crippen molar-refractivity contribution in [3.05, 3.63) is 59.7 Å². The van der Waals surface area contributed by atoms with Gasteiger partial charge in [-0.25, -0.2) is 9.59 Å². The van der Waals surface area contributed by atoms with Crippen LogP contribution < -0.4 is 20.1 Å². The van der Waals surface area contributed by atoms with Gasteiger partial charge in [0.15, 0.2) is 11.5 Å². The summed E-state index contributed by atoms with van der Waals surface area (Å²) in [6.45, 7) is 3.07. The highest BCUT2D eigenvalue weighted by Crippen LogP contribution is 2.49. The number of carboxylic acids is 1. The molecule has 0 bridgehead atoms. The number of amides is 2. The van der Waals surface area contributed by atoms with E-state index >= 15 is 0 Å². The van der Waals surface area contributed by atoms with E-state index in [9.17, 15) is 18.0 Å². The first-order valence-electron chi connectivity index (χ1n) is 12.8. The Morgan fingerprint density at radius 2 is 1.72 bits per heavy atom. The molecule has 1 saturated heterocycles. The van der Waals surface area contributed by atoms with Crippen molar-refractivity contribution in [2.75, 3.05) is 27.8 Å². The largest absolute Gasteiger partial charge is 0.493 e. The molecule has 2 fully saturated rings. The highest BCUT2D eigenvalue weighted by molar-refractivity contribution is 5.74. The fourth-order valence-corrected chi connectivity index (χ4v) is 5.64. The molecule has 1 saturated carbocycles. The van der Waals surface area contributed by atoms with E-state index in [1.165, 1.54) is 5.56 Å². The molecule has 3 unspecified atom stereocenters. The third kappa shape index (κ3) is 7.14. The molecule has 4 atom stereocenters. The molecule has 2 aromatic carbocycles. The number of alkyl halides is 3. The lowest BCUT2D eigenvalue weighted by Crippen LogP contribution is -2.53. The summed E-state index contributed by atoms with van der Waals surface area (Å²) in [5.41, 5.74) is 2.50. The molecule has 2 aromatic rings.